The fourth-order valence-corrected chi connectivity index (χ4v) is 4.23. The van der Waals surface area contributed by atoms with E-state index in [0.717, 1.165) is 24.5 Å². The molecule has 2 fully saturated rings. The molecule has 2 bridgehead atoms. The van der Waals surface area contributed by atoms with Gasteiger partial charge in [0.25, 0.3) is 0 Å². The van der Waals surface area contributed by atoms with E-state index in [1.54, 1.807) is 0 Å². The molecule has 3 heterocycles. The van der Waals surface area contributed by atoms with E-state index in [9.17, 15) is 0 Å². The molecule has 2 nitrogen and oxygen atoms in total. The van der Waals surface area contributed by atoms with E-state index in [-0.39, 0.29) is 0 Å². The second-order valence-electron chi connectivity index (χ2n) is 6.15. The van der Waals surface area contributed by atoms with E-state index in [0.29, 0.717) is 6.04 Å². The number of hydrogen-bond acceptors (Lipinski definition) is 3. The van der Waals surface area contributed by atoms with Gasteiger partial charge in [0.1, 0.15) is 0 Å². The summed E-state index contributed by atoms with van der Waals surface area (Å²) in [6.07, 6.45) is 4.21. The number of fused-ring (bicyclic) bond motifs is 2. The first-order chi connectivity index (χ1) is 8.72. The van der Waals surface area contributed by atoms with Gasteiger partial charge in [0.05, 0.1) is 0 Å². The Balaban J connectivity index is 1.60. The highest BCUT2D eigenvalue weighted by Crippen LogP contribution is 2.34. The van der Waals surface area contributed by atoms with Crippen molar-refractivity contribution in [2.75, 3.05) is 6.54 Å². The molecule has 2 saturated heterocycles. The largest absolute Gasteiger partial charge is 0.311 e. The zero-order valence-electron chi connectivity index (χ0n) is 11.4. The molecular weight excluding hydrogens is 240 g/mol. The second-order valence-corrected chi connectivity index (χ2v) is 7.18. The molecule has 0 radical (unpaired) electrons. The maximum Gasteiger partial charge on any atom is 0.0330 e. The van der Waals surface area contributed by atoms with Crippen LogP contribution in [0, 0.1) is 5.92 Å². The average molecular weight is 264 g/mol. The quantitative estimate of drug-likeness (QED) is 0.879. The molecule has 1 aromatic rings. The molecule has 3 rings (SSSR count). The van der Waals surface area contributed by atoms with Gasteiger partial charge in [-0.2, -0.15) is 0 Å². The van der Waals surface area contributed by atoms with Crippen LogP contribution in [0.25, 0.3) is 0 Å². The maximum absolute atomic E-state index is 3.76. The third-order valence-corrected chi connectivity index (χ3v) is 5.43. The summed E-state index contributed by atoms with van der Waals surface area (Å²) in [7, 11) is 0. The molecule has 0 spiro atoms. The fourth-order valence-electron chi connectivity index (χ4n) is 3.50. The molecule has 0 amide bonds. The lowest BCUT2D eigenvalue weighted by atomic mass is 9.88. The van der Waals surface area contributed by atoms with Gasteiger partial charge >= 0.3 is 0 Å². The minimum absolute atomic E-state index is 0.645. The van der Waals surface area contributed by atoms with Crippen molar-refractivity contribution in [2.24, 2.45) is 5.92 Å². The predicted octanol–water partition coefficient (Wildman–Crippen LogP) is 3.10. The van der Waals surface area contributed by atoms with Crippen molar-refractivity contribution >= 4 is 11.3 Å². The van der Waals surface area contributed by atoms with Gasteiger partial charge in [-0.05, 0) is 50.5 Å². The minimum atomic E-state index is 0.645. The molecule has 3 heteroatoms. The van der Waals surface area contributed by atoms with Crippen molar-refractivity contribution in [2.45, 2.75) is 57.8 Å². The highest BCUT2D eigenvalue weighted by atomic mass is 32.1. The van der Waals surface area contributed by atoms with Gasteiger partial charge in [-0.15, -0.1) is 11.3 Å². The van der Waals surface area contributed by atoms with Crippen LogP contribution in [-0.2, 0) is 6.54 Å². The Labute approximate surface area is 114 Å². The van der Waals surface area contributed by atoms with E-state index in [4.69, 9.17) is 0 Å². The van der Waals surface area contributed by atoms with Crippen molar-refractivity contribution in [3.8, 4) is 0 Å². The maximum atomic E-state index is 3.76. The van der Waals surface area contributed by atoms with Crippen LogP contribution < -0.4 is 5.32 Å². The standard InChI is InChI=1S/C15H24N2S/c1-11(2)17(10-14-4-3-7-18-14)9-12-8-13-5-6-15(12)16-13/h3-4,7,11-13,15-16H,5-6,8-10H2,1-2H3. The average Bonchev–Trinajstić information content (AvgIpc) is 3.04. The number of thiophene rings is 1. The van der Waals surface area contributed by atoms with Gasteiger partial charge in [-0.25, -0.2) is 0 Å². The van der Waals surface area contributed by atoms with E-state index in [2.05, 4.69) is 41.6 Å². The molecule has 0 saturated carbocycles. The molecule has 18 heavy (non-hydrogen) atoms. The zero-order valence-corrected chi connectivity index (χ0v) is 12.2. The van der Waals surface area contributed by atoms with Crippen molar-refractivity contribution in [1.82, 2.24) is 10.2 Å². The van der Waals surface area contributed by atoms with Crippen LogP contribution >= 0.6 is 11.3 Å². The second kappa shape index (κ2) is 5.32. The highest BCUT2D eigenvalue weighted by Gasteiger charge is 2.39. The van der Waals surface area contributed by atoms with Crippen LogP contribution in [0.4, 0.5) is 0 Å². The van der Waals surface area contributed by atoms with Gasteiger partial charge in [-0.3, -0.25) is 4.90 Å². The van der Waals surface area contributed by atoms with Crippen LogP contribution in [0.3, 0.4) is 0 Å². The molecule has 0 aliphatic carbocycles. The first-order valence-electron chi connectivity index (χ1n) is 7.25. The Bertz CT molecular complexity index is 374. The van der Waals surface area contributed by atoms with E-state index in [1.807, 2.05) is 11.3 Å². The number of rotatable bonds is 5. The predicted molar refractivity (Wildman–Crippen MR) is 77.9 cm³/mol. The smallest absolute Gasteiger partial charge is 0.0330 e. The van der Waals surface area contributed by atoms with E-state index < -0.39 is 0 Å². The summed E-state index contributed by atoms with van der Waals surface area (Å²) in [6, 6.07) is 6.71. The van der Waals surface area contributed by atoms with Gasteiger partial charge in [0.2, 0.25) is 0 Å². The summed E-state index contributed by atoms with van der Waals surface area (Å²) >= 11 is 1.88. The van der Waals surface area contributed by atoms with Crippen molar-refractivity contribution < 1.29 is 0 Å². The van der Waals surface area contributed by atoms with Crippen LogP contribution in [0.1, 0.15) is 38.0 Å². The lowest BCUT2D eigenvalue weighted by Gasteiger charge is -2.31. The number of hydrogen-bond donors (Lipinski definition) is 1. The van der Waals surface area contributed by atoms with Crippen LogP contribution in [0.2, 0.25) is 0 Å². The van der Waals surface area contributed by atoms with Crippen LogP contribution in [0.5, 0.6) is 0 Å². The Kier molecular flexibility index (Phi) is 3.73. The van der Waals surface area contributed by atoms with Crippen LogP contribution in [0.15, 0.2) is 17.5 Å². The third kappa shape index (κ3) is 2.63. The Morgan fingerprint density at radius 2 is 2.33 bits per heavy atom. The third-order valence-electron chi connectivity index (χ3n) is 4.57. The Hall–Kier alpha value is -0.380. The summed E-state index contributed by atoms with van der Waals surface area (Å²) in [5.74, 6) is 0.881. The van der Waals surface area contributed by atoms with E-state index >= 15 is 0 Å². The van der Waals surface area contributed by atoms with E-state index in [1.165, 1.54) is 30.7 Å². The molecule has 100 valence electrons. The van der Waals surface area contributed by atoms with Gasteiger partial charge in [0, 0.05) is 36.1 Å². The molecule has 1 N–H and O–H groups in total. The molecule has 2 aliphatic rings. The normalized spacial score (nSPS) is 30.8. The van der Waals surface area contributed by atoms with Gasteiger partial charge in [-0.1, -0.05) is 6.07 Å². The fraction of sp³-hybridized carbons (Fsp3) is 0.733. The summed E-state index contributed by atoms with van der Waals surface area (Å²) in [4.78, 5) is 4.15. The molecule has 2 aliphatic heterocycles. The summed E-state index contributed by atoms with van der Waals surface area (Å²) in [5.41, 5.74) is 0. The van der Waals surface area contributed by atoms with Gasteiger partial charge < -0.3 is 5.32 Å². The monoisotopic (exact) mass is 264 g/mol. The van der Waals surface area contributed by atoms with Crippen molar-refractivity contribution in [3.05, 3.63) is 22.4 Å². The summed E-state index contributed by atoms with van der Waals surface area (Å²) < 4.78 is 0. The molecular formula is C15H24N2S. The number of nitrogens with zero attached hydrogens (tertiary/aromatic N) is 1. The highest BCUT2D eigenvalue weighted by molar-refractivity contribution is 7.09. The zero-order chi connectivity index (χ0) is 12.5. The minimum Gasteiger partial charge on any atom is -0.311 e. The summed E-state index contributed by atoms with van der Waals surface area (Å²) in [5, 5.41) is 5.94. The lowest BCUT2D eigenvalue weighted by molar-refractivity contribution is 0.167. The number of nitrogens with one attached hydrogen (secondary N) is 1. The Morgan fingerprint density at radius 1 is 1.44 bits per heavy atom. The van der Waals surface area contributed by atoms with Crippen LogP contribution in [-0.4, -0.2) is 29.6 Å². The van der Waals surface area contributed by atoms with Crippen molar-refractivity contribution in [1.29, 1.82) is 0 Å². The van der Waals surface area contributed by atoms with Gasteiger partial charge in [0.15, 0.2) is 0 Å². The topological polar surface area (TPSA) is 15.3 Å². The Morgan fingerprint density at radius 3 is 2.89 bits per heavy atom. The molecule has 1 aromatic heterocycles. The molecule has 0 aromatic carbocycles. The summed E-state index contributed by atoms with van der Waals surface area (Å²) in [6.45, 7) is 7.05. The lowest BCUT2D eigenvalue weighted by Crippen LogP contribution is -2.38. The first-order valence-corrected chi connectivity index (χ1v) is 8.13. The van der Waals surface area contributed by atoms with Crippen molar-refractivity contribution in [3.63, 3.8) is 0 Å². The molecule has 3 unspecified atom stereocenters. The molecule has 3 atom stereocenters. The first kappa shape index (κ1) is 12.6. The SMILES string of the molecule is CC(C)N(Cc1cccs1)CC1CC2CCC1N2.